The molecule has 1 amide bonds. The number of nitrogens with zero attached hydrogens (tertiary/aromatic N) is 1. The van der Waals surface area contributed by atoms with E-state index >= 15 is 0 Å². The summed E-state index contributed by atoms with van der Waals surface area (Å²) in [6, 6.07) is 6.85. The number of esters is 1. The number of ether oxygens (including phenoxy) is 2. The fourth-order valence-electron chi connectivity index (χ4n) is 1.69. The van der Waals surface area contributed by atoms with Gasteiger partial charge in [0.15, 0.2) is 0 Å². The Morgan fingerprint density at radius 2 is 1.95 bits per heavy atom. The molecule has 0 radical (unpaired) electrons. The van der Waals surface area contributed by atoms with Crippen LogP contribution in [-0.2, 0) is 20.9 Å². The summed E-state index contributed by atoms with van der Waals surface area (Å²) in [5, 5.41) is 12.9. The maximum absolute atomic E-state index is 11.7. The van der Waals surface area contributed by atoms with Crippen molar-refractivity contribution in [2.24, 2.45) is 0 Å². The molecule has 1 N–H and O–H groups in total. The van der Waals surface area contributed by atoms with E-state index in [2.05, 4.69) is 10.1 Å². The highest BCUT2D eigenvalue weighted by Crippen LogP contribution is 2.05. The Balaban J connectivity index is 2.55. The monoisotopic (exact) mass is 310 g/mol. The molecule has 2 atom stereocenters. The molecule has 22 heavy (non-hydrogen) atoms. The van der Waals surface area contributed by atoms with Crippen molar-refractivity contribution in [3.63, 3.8) is 0 Å². The Morgan fingerprint density at radius 1 is 1.32 bits per heavy atom. The van der Waals surface area contributed by atoms with E-state index < -0.39 is 29.1 Å². The van der Waals surface area contributed by atoms with Crippen LogP contribution in [0.2, 0.25) is 0 Å². The first-order valence-corrected chi connectivity index (χ1v) is 6.62. The molecule has 0 bridgehead atoms. The lowest BCUT2D eigenvalue weighted by atomic mass is 10.1. The number of nitro groups is 1. The van der Waals surface area contributed by atoms with Gasteiger partial charge in [0.2, 0.25) is 6.04 Å². The van der Waals surface area contributed by atoms with Gasteiger partial charge in [-0.25, -0.2) is 9.59 Å². The Kier molecular flexibility index (Phi) is 6.81. The molecule has 0 heterocycles. The number of hydrogen-bond acceptors (Lipinski definition) is 6. The topological polar surface area (TPSA) is 108 Å². The van der Waals surface area contributed by atoms with E-state index in [0.29, 0.717) is 0 Å². The van der Waals surface area contributed by atoms with Crippen molar-refractivity contribution in [2.75, 3.05) is 7.11 Å². The van der Waals surface area contributed by atoms with Gasteiger partial charge in [-0.2, -0.15) is 0 Å². The maximum Gasteiger partial charge on any atom is 0.408 e. The third kappa shape index (κ3) is 5.78. The molecule has 0 saturated heterocycles. The lowest BCUT2D eigenvalue weighted by Crippen LogP contribution is -2.44. The third-order valence-corrected chi connectivity index (χ3v) is 2.93. The van der Waals surface area contributed by atoms with E-state index in [1.807, 2.05) is 6.07 Å². The minimum absolute atomic E-state index is 0.0331. The van der Waals surface area contributed by atoms with Crippen molar-refractivity contribution >= 4 is 12.1 Å². The van der Waals surface area contributed by atoms with Crippen LogP contribution in [0.25, 0.3) is 0 Å². The van der Waals surface area contributed by atoms with Crippen LogP contribution >= 0.6 is 0 Å². The van der Waals surface area contributed by atoms with Gasteiger partial charge in [0.05, 0.1) is 7.11 Å². The fraction of sp³-hybridized carbons (Fsp3) is 0.429. The second-order valence-electron chi connectivity index (χ2n) is 4.65. The summed E-state index contributed by atoms with van der Waals surface area (Å²) in [5.41, 5.74) is 0.783. The Hall–Kier alpha value is -2.64. The number of rotatable bonds is 7. The number of nitrogens with one attached hydrogen (secondary N) is 1. The van der Waals surface area contributed by atoms with E-state index in [0.717, 1.165) is 12.7 Å². The molecule has 8 nitrogen and oxygen atoms in total. The molecule has 8 heteroatoms. The molecule has 1 aromatic rings. The highest BCUT2D eigenvalue weighted by Gasteiger charge is 2.28. The van der Waals surface area contributed by atoms with E-state index in [1.54, 1.807) is 24.3 Å². The van der Waals surface area contributed by atoms with Crippen LogP contribution in [-0.4, -0.2) is 36.2 Å². The Bertz CT molecular complexity index is 519. The van der Waals surface area contributed by atoms with Crippen LogP contribution < -0.4 is 5.32 Å². The third-order valence-electron chi connectivity index (χ3n) is 2.93. The van der Waals surface area contributed by atoms with Gasteiger partial charge in [-0.15, -0.1) is 0 Å². The van der Waals surface area contributed by atoms with Crippen molar-refractivity contribution in [1.82, 2.24) is 5.32 Å². The smallest absolute Gasteiger partial charge is 0.408 e. The molecule has 0 aliphatic carbocycles. The molecule has 0 fully saturated rings. The molecule has 0 unspecified atom stereocenters. The second-order valence-corrected chi connectivity index (χ2v) is 4.65. The van der Waals surface area contributed by atoms with Gasteiger partial charge in [0.25, 0.3) is 0 Å². The zero-order valence-corrected chi connectivity index (χ0v) is 12.4. The number of carbonyl (C=O) groups excluding carboxylic acids is 2. The van der Waals surface area contributed by atoms with Crippen molar-refractivity contribution < 1.29 is 24.0 Å². The predicted molar refractivity (Wildman–Crippen MR) is 76.6 cm³/mol. The molecule has 0 spiro atoms. The standard InChI is InChI=1S/C14H18N2O6/c1-10(16(19)20)8-12(13(17)21-2)15-14(18)22-9-11-6-4-3-5-7-11/h3-7,10,12H,8-9H2,1-2H3,(H,15,18)/t10-,12+/m1/s1. The quantitative estimate of drug-likeness (QED) is 0.464. The predicted octanol–water partition coefficient (Wildman–Crippen LogP) is 1.51. The lowest BCUT2D eigenvalue weighted by molar-refractivity contribution is -0.519. The fourth-order valence-corrected chi connectivity index (χ4v) is 1.69. The van der Waals surface area contributed by atoms with Crippen LogP contribution in [0.1, 0.15) is 18.9 Å². The van der Waals surface area contributed by atoms with Gasteiger partial charge in [0, 0.05) is 18.3 Å². The van der Waals surface area contributed by atoms with Crippen molar-refractivity contribution in [2.45, 2.75) is 32.0 Å². The lowest BCUT2D eigenvalue weighted by Gasteiger charge is -2.16. The van der Waals surface area contributed by atoms with E-state index in [-0.39, 0.29) is 13.0 Å². The van der Waals surface area contributed by atoms with Crippen LogP contribution in [0, 0.1) is 10.1 Å². The van der Waals surface area contributed by atoms with Gasteiger partial charge < -0.3 is 14.8 Å². The van der Waals surface area contributed by atoms with Crippen LogP contribution in [0.3, 0.4) is 0 Å². The summed E-state index contributed by atoms with van der Waals surface area (Å²) in [4.78, 5) is 33.4. The Labute approximate surface area is 127 Å². The first kappa shape index (κ1) is 17.4. The average Bonchev–Trinajstić information content (AvgIpc) is 2.52. The molecule has 0 saturated carbocycles. The van der Waals surface area contributed by atoms with Gasteiger partial charge in [0.1, 0.15) is 12.6 Å². The first-order valence-electron chi connectivity index (χ1n) is 6.62. The van der Waals surface area contributed by atoms with Gasteiger partial charge in [-0.05, 0) is 5.56 Å². The summed E-state index contributed by atoms with van der Waals surface area (Å²) in [6.07, 6.45) is -1.02. The maximum atomic E-state index is 11.7. The number of carbonyl (C=O) groups is 2. The van der Waals surface area contributed by atoms with Crippen molar-refractivity contribution in [3.8, 4) is 0 Å². The summed E-state index contributed by atoms with van der Waals surface area (Å²) in [7, 11) is 1.14. The van der Waals surface area contributed by atoms with Crippen molar-refractivity contribution in [1.29, 1.82) is 0 Å². The minimum Gasteiger partial charge on any atom is -0.467 e. The van der Waals surface area contributed by atoms with Crippen LogP contribution in [0.4, 0.5) is 4.79 Å². The zero-order chi connectivity index (χ0) is 16.5. The average molecular weight is 310 g/mol. The number of alkyl carbamates (subject to hydrolysis) is 1. The number of methoxy groups -OCH3 is 1. The minimum atomic E-state index is -1.13. The normalized spacial score (nSPS) is 12.8. The largest absolute Gasteiger partial charge is 0.467 e. The van der Waals surface area contributed by atoms with Gasteiger partial charge >= 0.3 is 12.1 Å². The summed E-state index contributed by atoms with van der Waals surface area (Å²) in [6.45, 7) is 1.37. The Morgan fingerprint density at radius 3 is 2.50 bits per heavy atom. The van der Waals surface area contributed by atoms with E-state index in [4.69, 9.17) is 4.74 Å². The summed E-state index contributed by atoms with van der Waals surface area (Å²) < 4.78 is 9.49. The highest BCUT2D eigenvalue weighted by atomic mass is 16.6. The molecular weight excluding hydrogens is 292 g/mol. The number of amides is 1. The second kappa shape index (κ2) is 8.60. The van der Waals surface area contributed by atoms with Crippen LogP contribution in [0.5, 0.6) is 0 Å². The first-order chi connectivity index (χ1) is 10.4. The van der Waals surface area contributed by atoms with Crippen molar-refractivity contribution in [3.05, 3.63) is 46.0 Å². The van der Waals surface area contributed by atoms with Crippen LogP contribution in [0.15, 0.2) is 30.3 Å². The molecule has 0 aromatic heterocycles. The van der Waals surface area contributed by atoms with E-state index in [1.165, 1.54) is 6.92 Å². The molecule has 120 valence electrons. The molecule has 0 aliphatic heterocycles. The summed E-state index contributed by atoms with van der Waals surface area (Å²) >= 11 is 0. The van der Waals surface area contributed by atoms with Gasteiger partial charge in [-0.1, -0.05) is 30.3 Å². The molecule has 0 aliphatic rings. The zero-order valence-electron chi connectivity index (χ0n) is 12.4. The SMILES string of the molecule is COC(=O)[C@H](C[C@@H](C)[N+](=O)[O-])NC(=O)OCc1ccccc1. The number of benzene rings is 1. The highest BCUT2D eigenvalue weighted by molar-refractivity contribution is 5.81. The summed E-state index contributed by atoms with van der Waals surface area (Å²) in [5.74, 6) is -0.759. The molecule has 1 rings (SSSR count). The molecular formula is C14H18N2O6. The number of hydrogen-bond donors (Lipinski definition) is 1. The molecule has 1 aromatic carbocycles. The van der Waals surface area contributed by atoms with E-state index in [9.17, 15) is 19.7 Å². The van der Waals surface area contributed by atoms with Gasteiger partial charge in [-0.3, -0.25) is 10.1 Å².